The highest BCUT2D eigenvalue weighted by molar-refractivity contribution is 6.30. The largest absolute Gasteiger partial charge is 0.478 e. The molecule has 1 N–H and O–H groups in total. The first-order valence-electron chi connectivity index (χ1n) is 6.29. The Morgan fingerprint density at radius 2 is 1.95 bits per heavy atom. The molecule has 21 heavy (non-hydrogen) atoms. The number of rotatable bonds is 3. The molecule has 0 unspecified atom stereocenters. The van der Waals surface area contributed by atoms with E-state index in [0.717, 1.165) is 23.0 Å². The van der Waals surface area contributed by atoms with Gasteiger partial charge in [-0.3, -0.25) is 4.40 Å². The van der Waals surface area contributed by atoms with Gasteiger partial charge in [-0.25, -0.2) is 9.78 Å². The van der Waals surface area contributed by atoms with Crippen molar-refractivity contribution in [3.63, 3.8) is 0 Å². The van der Waals surface area contributed by atoms with Crippen molar-refractivity contribution in [1.29, 1.82) is 0 Å². The van der Waals surface area contributed by atoms with E-state index in [-0.39, 0.29) is 0 Å². The summed E-state index contributed by atoms with van der Waals surface area (Å²) < 4.78 is 1.92. The van der Waals surface area contributed by atoms with E-state index in [4.69, 9.17) is 16.7 Å². The van der Waals surface area contributed by atoms with E-state index in [1.807, 2.05) is 40.9 Å². The van der Waals surface area contributed by atoms with Crippen molar-refractivity contribution in [2.24, 2.45) is 0 Å². The van der Waals surface area contributed by atoms with Crippen LogP contribution in [-0.2, 0) is 4.79 Å². The molecule has 0 aliphatic rings. The molecule has 0 aliphatic carbocycles. The fraction of sp³-hybridized carbons (Fsp3) is 0. The molecule has 4 nitrogen and oxygen atoms in total. The van der Waals surface area contributed by atoms with Crippen molar-refractivity contribution in [1.82, 2.24) is 9.38 Å². The molecule has 0 radical (unpaired) electrons. The molecule has 0 aliphatic heterocycles. The first-order valence-corrected chi connectivity index (χ1v) is 6.67. The zero-order chi connectivity index (χ0) is 14.8. The highest BCUT2D eigenvalue weighted by atomic mass is 35.5. The zero-order valence-electron chi connectivity index (χ0n) is 10.9. The maximum absolute atomic E-state index is 10.7. The second-order valence-electron chi connectivity index (χ2n) is 4.45. The third-order valence-electron chi connectivity index (χ3n) is 3.06. The Balaban J connectivity index is 2.19. The topological polar surface area (TPSA) is 54.6 Å². The third-order valence-corrected chi connectivity index (χ3v) is 3.32. The van der Waals surface area contributed by atoms with E-state index >= 15 is 0 Å². The summed E-state index contributed by atoms with van der Waals surface area (Å²) in [7, 11) is 0. The van der Waals surface area contributed by atoms with Crippen LogP contribution in [0.5, 0.6) is 0 Å². The number of pyridine rings is 1. The molecule has 0 saturated heterocycles. The molecule has 0 amide bonds. The average molecular weight is 299 g/mol. The van der Waals surface area contributed by atoms with Crippen LogP contribution in [0.15, 0.2) is 54.7 Å². The van der Waals surface area contributed by atoms with Gasteiger partial charge in [0.1, 0.15) is 5.82 Å². The van der Waals surface area contributed by atoms with Gasteiger partial charge in [0.2, 0.25) is 0 Å². The van der Waals surface area contributed by atoms with Crippen LogP contribution in [-0.4, -0.2) is 20.5 Å². The van der Waals surface area contributed by atoms with Gasteiger partial charge in [-0.2, -0.15) is 0 Å². The van der Waals surface area contributed by atoms with Gasteiger partial charge in [-0.05, 0) is 42.5 Å². The summed E-state index contributed by atoms with van der Waals surface area (Å²) in [6, 6.07) is 13.1. The van der Waals surface area contributed by atoms with Crippen LogP contribution in [0.2, 0.25) is 5.02 Å². The summed E-state index contributed by atoms with van der Waals surface area (Å²) in [4.78, 5) is 15.2. The SMILES string of the molecule is O=C(O)/C=C/c1nc(-c2ccc(Cl)cc2)n2ccccc12. The predicted octanol–water partition coefficient (Wildman–Crippen LogP) is 3.75. The van der Waals surface area contributed by atoms with E-state index in [0.29, 0.717) is 10.7 Å². The van der Waals surface area contributed by atoms with Gasteiger partial charge in [0.25, 0.3) is 0 Å². The standard InChI is InChI=1S/C16H11ClN2O2/c17-12-6-4-11(5-7-12)16-18-13(8-9-15(20)21)14-3-1-2-10-19(14)16/h1-10H,(H,20,21)/b9-8+. The Labute approximate surface area is 125 Å². The Morgan fingerprint density at radius 3 is 2.67 bits per heavy atom. The van der Waals surface area contributed by atoms with E-state index in [9.17, 15) is 4.79 Å². The molecule has 0 fully saturated rings. The lowest BCUT2D eigenvalue weighted by atomic mass is 10.2. The van der Waals surface area contributed by atoms with Gasteiger partial charge >= 0.3 is 5.97 Å². The molecule has 0 spiro atoms. The van der Waals surface area contributed by atoms with Crippen LogP contribution in [0.25, 0.3) is 23.0 Å². The van der Waals surface area contributed by atoms with Crippen LogP contribution < -0.4 is 0 Å². The summed E-state index contributed by atoms with van der Waals surface area (Å²) in [5.41, 5.74) is 2.37. The number of nitrogens with zero attached hydrogens (tertiary/aromatic N) is 2. The molecule has 2 heterocycles. The number of halogens is 1. The lowest BCUT2D eigenvalue weighted by Gasteiger charge is -2.00. The highest BCUT2D eigenvalue weighted by Crippen LogP contribution is 2.24. The number of carboxylic acids is 1. The molecule has 3 rings (SSSR count). The normalized spacial score (nSPS) is 11.3. The first-order chi connectivity index (χ1) is 10.1. The third kappa shape index (κ3) is 2.66. The summed E-state index contributed by atoms with van der Waals surface area (Å²) in [6.45, 7) is 0. The fourth-order valence-electron chi connectivity index (χ4n) is 2.14. The lowest BCUT2D eigenvalue weighted by molar-refractivity contribution is -0.131. The summed E-state index contributed by atoms with van der Waals surface area (Å²) in [5.74, 6) is -0.257. The van der Waals surface area contributed by atoms with Crippen LogP contribution in [0.3, 0.4) is 0 Å². The molecular formula is C16H11ClN2O2. The molecular weight excluding hydrogens is 288 g/mol. The minimum atomic E-state index is -1.000. The van der Waals surface area contributed by atoms with Crippen molar-refractivity contribution in [2.75, 3.05) is 0 Å². The van der Waals surface area contributed by atoms with E-state index < -0.39 is 5.97 Å². The monoisotopic (exact) mass is 298 g/mol. The first kappa shape index (κ1) is 13.4. The van der Waals surface area contributed by atoms with Crippen molar-refractivity contribution >= 4 is 29.2 Å². The Kier molecular flexibility index (Phi) is 3.46. The zero-order valence-corrected chi connectivity index (χ0v) is 11.7. The number of aromatic nitrogens is 2. The van der Waals surface area contributed by atoms with E-state index in [1.165, 1.54) is 6.08 Å². The van der Waals surface area contributed by atoms with Gasteiger partial charge in [-0.1, -0.05) is 17.7 Å². The molecule has 3 aromatic rings. The summed E-state index contributed by atoms with van der Waals surface area (Å²) >= 11 is 5.90. The van der Waals surface area contributed by atoms with Gasteiger partial charge in [0.15, 0.2) is 0 Å². The van der Waals surface area contributed by atoms with Gasteiger partial charge in [0, 0.05) is 22.9 Å². The van der Waals surface area contributed by atoms with E-state index in [2.05, 4.69) is 4.98 Å². The number of imidazole rings is 1. The predicted molar refractivity (Wildman–Crippen MR) is 82.3 cm³/mol. The Bertz CT molecular complexity index is 835. The van der Waals surface area contributed by atoms with Gasteiger partial charge in [0.05, 0.1) is 11.2 Å². The van der Waals surface area contributed by atoms with Crippen molar-refractivity contribution in [2.45, 2.75) is 0 Å². The second kappa shape index (κ2) is 5.42. The molecule has 0 saturated carbocycles. The van der Waals surface area contributed by atoms with Crippen LogP contribution >= 0.6 is 11.6 Å². The van der Waals surface area contributed by atoms with E-state index in [1.54, 1.807) is 12.1 Å². The van der Waals surface area contributed by atoms with Crippen LogP contribution in [0.4, 0.5) is 0 Å². The van der Waals surface area contributed by atoms with Crippen LogP contribution in [0.1, 0.15) is 5.69 Å². The van der Waals surface area contributed by atoms with Crippen LogP contribution in [0, 0.1) is 0 Å². The maximum atomic E-state index is 10.7. The molecule has 1 aromatic carbocycles. The highest BCUT2D eigenvalue weighted by Gasteiger charge is 2.10. The fourth-order valence-corrected chi connectivity index (χ4v) is 2.26. The number of carboxylic acid groups (broad SMARTS) is 1. The smallest absolute Gasteiger partial charge is 0.328 e. The average Bonchev–Trinajstić information content (AvgIpc) is 2.85. The Morgan fingerprint density at radius 1 is 1.19 bits per heavy atom. The number of hydrogen-bond acceptors (Lipinski definition) is 2. The quantitative estimate of drug-likeness (QED) is 0.749. The van der Waals surface area contributed by atoms with Crippen molar-refractivity contribution in [3.8, 4) is 11.4 Å². The van der Waals surface area contributed by atoms with Crippen molar-refractivity contribution in [3.05, 3.63) is 65.5 Å². The number of carbonyl (C=O) groups is 1. The maximum Gasteiger partial charge on any atom is 0.328 e. The molecule has 104 valence electrons. The molecule has 0 bridgehead atoms. The Hall–Kier alpha value is -2.59. The lowest BCUT2D eigenvalue weighted by Crippen LogP contribution is -1.87. The molecule has 0 atom stereocenters. The number of aliphatic carboxylic acids is 1. The summed E-state index contributed by atoms with van der Waals surface area (Å²) in [6.07, 6.45) is 4.47. The summed E-state index contributed by atoms with van der Waals surface area (Å²) in [5, 5.41) is 9.42. The minimum Gasteiger partial charge on any atom is -0.478 e. The number of hydrogen-bond donors (Lipinski definition) is 1. The number of benzene rings is 1. The molecule has 5 heteroatoms. The molecule has 2 aromatic heterocycles. The van der Waals surface area contributed by atoms with Crippen molar-refractivity contribution < 1.29 is 9.90 Å². The minimum absolute atomic E-state index is 0.614. The number of fused-ring (bicyclic) bond motifs is 1. The van der Waals surface area contributed by atoms with Gasteiger partial charge in [-0.15, -0.1) is 0 Å². The second-order valence-corrected chi connectivity index (χ2v) is 4.89. The van der Waals surface area contributed by atoms with Gasteiger partial charge < -0.3 is 5.11 Å².